The molecule has 0 atom stereocenters. The fourth-order valence-electron chi connectivity index (χ4n) is 3.41. The molecule has 3 rings (SSSR count). The summed E-state index contributed by atoms with van der Waals surface area (Å²) in [5, 5.41) is 0.0154. The van der Waals surface area contributed by atoms with Crippen molar-refractivity contribution in [3.63, 3.8) is 0 Å². The highest BCUT2D eigenvalue weighted by Crippen LogP contribution is 2.20. The van der Waals surface area contributed by atoms with Crippen LogP contribution in [0.3, 0.4) is 0 Å². The quantitative estimate of drug-likeness (QED) is 0.573. The number of likely N-dealkylation sites (N-methyl/N-ethyl adjacent to an activating group) is 1. The molecule has 0 unspecified atom stereocenters. The van der Waals surface area contributed by atoms with Gasteiger partial charge < -0.3 is 9.80 Å². The monoisotopic (exact) mass is 495 g/mol. The molecule has 0 radical (unpaired) electrons. The molecule has 0 saturated carbocycles. The second-order valence-corrected chi connectivity index (χ2v) is 10.1. The molecule has 1 saturated heterocycles. The molecule has 0 aliphatic carbocycles. The van der Waals surface area contributed by atoms with Gasteiger partial charge in [0.25, 0.3) is 5.91 Å². The van der Waals surface area contributed by atoms with Gasteiger partial charge in [-0.3, -0.25) is 14.4 Å². The van der Waals surface area contributed by atoms with E-state index < -0.39 is 21.7 Å². The number of amides is 2. The minimum atomic E-state index is -3.92. The van der Waals surface area contributed by atoms with E-state index in [1.807, 2.05) is 0 Å². The third-order valence-corrected chi connectivity index (χ3v) is 7.54. The Bertz CT molecular complexity index is 1180. The van der Waals surface area contributed by atoms with Crippen LogP contribution in [0.2, 0.25) is 5.02 Å². The fourth-order valence-corrected chi connectivity index (χ4v) is 4.78. The number of carbonyl (C=O) groups is 3. The minimum absolute atomic E-state index is 0.0154. The predicted octanol–water partition coefficient (Wildman–Crippen LogP) is 2.29. The summed E-state index contributed by atoms with van der Waals surface area (Å²) in [4.78, 5) is 39.7. The molecule has 1 aliphatic rings. The molecule has 33 heavy (non-hydrogen) atoms. The fraction of sp³-hybridized carbons (Fsp3) is 0.318. The van der Waals surface area contributed by atoms with Crippen LogP contribution in [-0.2, 0) is 14.8 Å². The predicted molar refractivity (Wildman–Crippen MR) is 120 cm³/mol. The Labute approximate surface area is 196 Å². The molecule has 1 fully saturated rings. The van der Waals surface area contributed by atoms with Crippen molar-refractivity contribution in [3.05, 3.63) is 64.4 Å². The highest BCUT2D eigenvalue weighted by atomic mass is 35.5. The Morgan fingerprint density at radius 1 is 1.00 bits per heavy atom. The Morgan fingerprint density at radius 2 is 1.58 bits per heavy atom. The lowest BCUT2D eigenvalue weighted by Crippen LogP contribution is -2.52. The Morgan fingerprint density at radius 3 is 2.12 bits per heavy atom. The van der Waals surface area contributed by atoms with E-state index in [1.165, 1.54) is 54.1 Å². The lowest BCUT2D eigenvalue weighted by molar-refractivity contribution is -0.132. The number of carbonyl (C=O) groups excluding carboxylic acids is 3. The van der Waals surface area contributed by atoms with Crippen molar-refractivity contribution in [2.75, 3.05) is 39.8 Å². The lowest BCUT2D eigenvalue weighted by Gasteiger charge is -2.35. The second-order valence-electron chi connectivity index (χ2n) is 7.64. The molecule has 0 aromatic heterocycles. The maximum absolute atomic E-state index is 13.2. The van der Waals surface area contributed by atoms with Crippen LogP contribution in [0.25, 0.3) is 0 Å². The van der Waals surface area contributed by atoms with Gasteiger partial charge in [0.05, 0.1) is 22.0 Å². The molecule has 1 heterocycles. The van der Waals surface area contributed by atoms with E-state index in [4.69, 9.17) is 11.6 Å². The molecule has 2 amide bonds. The number of benzene rings is 2. The van der Waals surface area contributed by atoms with Crippen molar-refractivity contribution < 1.29 is 27.2 Å². The summed E-state index contributed by atoms with van der Waals surface area (Å²) >= 11 is 5.97. The Kier molecular flexibility index (Phi) is 7.51. The van der Waals surface area contributed by atoms with Gasteiger partial charge in [0.1, 0.15) is 5.82 Å². The van der Waals surface area contributed by atoms with E-state index in [0.29, 0.717) is 5.56 Å². The van der Waals surface area contributed by atoms with Gasteiger partial charge >= 0.3 is 0 Å². The van der Waals surface area contributed by atoms with Crippen LogP contribution in [0.15, 0.2) is 47.4 Å². The van der Waals surface area contributed by atoms with E-state index in [0.717, 1.165) is 16.4 Å². The summed E-state index contributed by atoms with van der Waals surface area (Å²) in [5.74, 6) is -1.48. The van der Waals surface area contributed by atoms with Gasteiger partial charge in [0.2, 0.25) is 15.9 Å². The zero-order valence-electron chi connectivity index (χ0n) is 18.1. The maximum Gasteiger partial charge on any atom is 0.255 e. The van der Waals surface area contributed by atoms with Crippen molar-refractivity contribution in [2.24, 2.45) is 0 Å². The number of hydrogen-bond acceptors (Lipinski definition) is 5. The number of Topliss-reactive ketones (excluding diaryl/α,β-unsaturated/α-hetero) is 1. The highest BCUT2D eigenvalue weighted by Gasteiger charge is 2.29. The molecular formula is C22H23ClFN3O5S. The number of piperazine rings is 1. The molecule has 1 aliphatic heterocycles. The van der Waals surface area contributed by atoms with E-state index in [1.54, 1.807) is 0 Å². The first-order valence-corrected chi connectivity index (χ1v) is 11.9. The van der Waals surface area contributed by atoms with Gasteiger partial charge in [-0.1, -0.05) is 23.7 Å². The summed E-state index contributed by atoms with van der Waals surface area (Å²) in [5.41, 5.74) is 0.571. The summed E-state index contributed by atoms with van der Waals surface area (Å²) in [6, 6.07) is 9.06. The van der Waals surface area contributed by atoms with Crippen LogP contribution in [-0.4, -0.2) is 79.9 Å². The average Bonchev–Trinajstić information content (AvgIpc) is 2.78. The number of rotatable bonds is 6. The molecule has 11 heteroatoms. The summed E-state index contributed by atoms with van der Waals surface area (Å²) in [6.07, 6.45) is 0. The molecule has 0 spiro atoms. The van der Waals surface area contributed by atoms with Crippen LogP contribution in [0.5, 0.6) is 0 Å². The van der Waals surface area contributed by atoms with Crippen molar-refractivity contribution >= 4 is 39.2 Å². The topological polar surface area (TPSA) is 95.1 Å². The molecule has 2 aromatic rings. The van der Waals surface area contributed by atoms with Crippen LogP contribution in [0, 0.1) is 5.82 Å². The highest BCUT2D eigenvalue weighted by molar-refractivity contribution is 7.89. The third-order valence-electron chi connectivity index (χ3n) is 5.41. The smallest absolute Gasteiger partial charge is 0.255 e. The zero-order valence-corrected chi connectivity index (χ0v) is 19.7. The first-order valence-electron chi connectivity index (χ1n) is 10.1. The number of nitrogens with zero attached hydrogens (tertiary/aromatic N) is 3. The number of sulfonamides is 1. The Hall–Kier alpha value is -2.82. The maximum atomic E-state index is 13.2. The number of halogens is 2. The second kappa shape index (κ2) is 9.98. The van der Waals surface area contributed by atoms with Crippen LogP contribution >= 0.6 is 11.6 Å². The van der Waals surface area contributed by atoms with Gasteiger partial charge in [0, 0.05) is 38.8 Å². The summed E-state index contributed by atoms with van der Waals surface area (Å²) in [6.45, 7) is 1.95. The van der Waals surface area contributed by atoms with Gasteiger partial charge in [-0.25, -0.2) is 12.8 Å². The van der Waals surface area contributed by atoms with Crippen molar-refractivity contribution in [1.29, 1.82) is 0 Å². The standard InChI is InChI=1S/C22H23ClFN3O5S/c1-15(28)16-3-6-18(7-4-16)33(31,32)25(2)14-21(29)26-9-11-27(12-10-26)22(30)19-8-5-17(24)13-20(19)23/h3-8,13H,9-12,14H2,1-2H3. The Balaban J connectivity index is 1.59. The molecular weight excluding hydrogens is 473 g/mol. The largest absolute Gasteiger partial charge is 0.338 e. The van der Waals surface area contributed by atoms with Gasteiger partial charge in [-0.2, -0.15) is 4.31 Å². The number of hydrogen-bond donors (Lipinski definition) is 0. The minimum Gasteiger partial charge on any atom is -0.338 e. The molecule has 2 aromatic carbocycles. The van der Waals surface area contributed by atoms with Crippen LogP contribution < -0.4 is 0 Å². The van der Waals surface area contributed by atoms with Crippen molar-refractivity contribution in [2.45, 2.75) is 11.8 Å². The van der Waals surface area contributed by atoms with Crippen molar-refractivity contribution in [1.82, 2.24) is 14.1 Å². The number of ketones is 1. The summed E-state index contributed by atoms with van der Waals surface area (Å²) < 4.78 is 39.7. The molecule has 8 nitrogen and oxygen atoms in total. The van der Waals surface area contributed by atoms with Gasteiger partial charge in [0.15, 0.2) is 5.78 Å². The first-order chi connectivity index (χ1) is 15.5. The van der Waals surface area contributed by atoms with Crippen molar-refractivity contribution in [3.8, 4) is 0 Å². The van der Waals surface area contributed by atoms with E-state index in [2.05, 4.69) is 0 Å². The molecule has 0 N–H and O–H groups in total. The zero-order chi connectivity index (χ0) is 24.3. The first kappa shape index (κ1) is 24.8. The third kappa shape index (κ3) is 5.58. The van der Waals surface area contributed by atoms with Gasteiger partial charge in [-0.05, 0) is 37.3 Å². The lowest BCUT2D eigenvalue weighted by atomic mass is 10.1. The van der Waals surface area contributed by atoms with Crippen LogP contribution in [0.1, 0.15) is 27.6 Å². The molecule has 176 valence electrons. The normalized spacial score (nSPS) is 14.5. The van der Waals surface area contributed by atoms with Crippen LogP contribution in [0.4, 0.5) is 4.39 Å². The van der Waals surface area contributed by atoms with E-state index >= 15 is 0 Å². The van der Waals surface area contributed by atoms with E-state index in [9.17, 15) is 27.2 Å². The summed E-state index contributed by atoms with van der Waals surface area (Å²) in [7, 11) is -2.61. The molecule has 0 bridgehead atoms. The average molecular weight is 496 g/mol. The van der Waals surface area contributed by atoms with Gasteiger partial charge in [-0.15, -0.1) is 0 Å². The SMILES string of the molecule is CC(=O)c1ccc(S(=O)(=O)N(C)CC(=O)N2CCN(C(=O)c3ccc(F)cc3Cl)CC2)cc1. The van der Waals surface area contributed by atoms with E-state index in [-0.39, 0.29) is 59.9 Å².